The highest BCUT2D eigenvalue weighted by molar-refractivity contribution is 7.91. The number of sulfone groups is 1. The molecule has 0 saturated carbocycles. The number of rotatable bonds is 9. The van der Waals surface area contributed by atoms with Crippen molar-refractivity contribution in [1.82, 2.24) is 0 Å². The van der Waals surface area contributed by atoms with Gasteiger partial charge in [0.25, 0.3) is 0 Å². The van der Waals surface area contributed by atoms with Gasteiger partial charge in [0.05, 0.1) is 26.6 Å². The van der Waals surface area contributed by atoms with Crippen molar-refractivity contribution in [3.63, 3.8) is 0 Å². The van der Waals surface area contributed by atoms with Crippen LogP contribution in [0.5, 0.6) is 17.2 Å². The lowest BCUT2D eigenvalue weighted by Crippen LogP contribution is -2.12. The molecule has 0 amide bonds. The van der Waals surface area contributed by atoms with Crippen LogP contribution in [-0.2, 0) is 15.7 Å². The lowest BCUT2D eigenvalue weighted by molar-refractivity contribution is 0.275. The average Bonchev–Trinajstić information content (AvgIpc) is 2.50. The van der Waals surface area contributed by atoms with E-state index in [9.17, 15) is 8.42 Å². The van der Waals surface area contributed by atoms with Crippen LogP contribution in [0.3, 0.4) is 0 Å². The molecule has 0 aliphatic heterocycles. The van der Waals surface area contributed by atoms with Crippen LogP contribution in [0.1, 0.15) is 18.9 Å². The lowest BCUT2D eigenvalue weighted by Gasteiger charge is -2.15. The maximum Gasteiger partial charge on any atom is 0.203 e. The van der Waals surface area contributed by atoms with Gasteiger partial charge in [-0.25, -0.2) is 8.42 Å². The fourth-order valence-electron chi connectivity index (χ4n) is 1.75. The van der Waals surface area contributed by atoms with Crippen LogP contribution in [0.2, 0.25) is 0 Å². The summed E-state index contributed by atoms with van der Waals surface area (Å²) >= 11 is 5.81. The first-order valence-corrected chi connectivity index (χ1v) is 8.97. The van der Waals surface area contributed by atoms with E-state index in [0.717, 1.165) is 5.56 Å². The Labute approximate surface area is 131 Å². The number of hydrogen-bond donors (Lipinski definition) is 0. The van der Waals surface area contributed by atoms with E-state index in [4.69, 9.17) is 25.8 Å². The van der Waals surface area contributed by atoms with Gasteiger partial charge in [0, 0.05) is 11.6 Å². The Morgan fingerprint density at radius 3 is 2.14 bits per heavy atom. The molecular formula is C14H21ClO5S. The standard InChI is InChI=1S/C14H21ClO5S/c1-4-21(16,17)7-5-6-20-14-12(18-2)8-11(10-15)9-13(14)19-3/h8-9H,4-7,10H2,1-3H3. The van der Waals surface area contributed by atoms with E-state index in [2.05, 4.69) is 0 Å². The molecule has 0 bridgehead atoms. The Bertz CT molecular complexity index is 531. The molecule has 0 aliphatic carbocycles. The lowest BCUT2D eigenvalue weighted by atomic mass is 10.2. The normalized spacial score (nSPS) is 11.2. The zero-order valence-electron chi connectivity index (χ0n) is 12.5. The van der Waals surface area contributed by atoms with Crippen molar-refractivity contribution in [3.05, 3.63) is 17.7 Å². The Kier molecular flexibility index (Phi) is 7.11. The SMILES string of the molecule is CCS(=O)(=O)CCCOc1c(OC)cc(CCl)cc1OC. The molecule has 0 saturated heterocycles. The summed E-state index contributed by atoms with van der Waals surface area (Å²) in [5.41, 5.74) is 0.853. The van der Waals surface area contributed by atoms with Crippen molar-refractivity contribution >= 4 is 21.4 Å². The van der Waals surface area contributed by atoms with Gasteiger partial charge in [-0.3, -0.25) is 0 Å². The summed E-state index contributed by atoms with van der Waals surface area (Å²) in [6.07, 6.45) is 0.416. The summed E-state index contributed by atoms with van der Waals surface area (Å²) in [7, 11) is 0.0820. The minimum absolute atomic E-state index is 0.105. The highest BCUT2D eigenvalue weighted by Gasteiger charge is 2.14. The second-order valence-electron chi connectivity index (χ2n) is 4.40. The van der Waals surface area contributed by atoms with Crippen LogP contribution >= 0.6 is 11.6 Å². The fourth-order valence-corrected chi connectivity index (χ4v) is 2.75. The zero-order valence-corrected chi connectivity index (χ0v) is 14.1. The van der Waals surface area contributed by atoms with Gasteiger partial charge in [-0.2, -0.15) is 0 Å². The van der Waals surface area contributed by atoms with Crippen molar-refractivity contribution in [2.24, 2.45) is 0 Å². The van der Waals surface area contributed by atoms with Gasteiger partial charge in [0.15, 0.2) is 11.5 Å². The zero-order chi connectivity index (χ0) is 15.9. The smallest absolute Gasteiger partial charge is 0.203 e. The maximum atomic E-state index is 11.4. The second-order valence-corrected chi connectivity index (χ2v) is 7.14. The van der Waals surface area contributed by atoms with Gasteiger partial charge in [-0.15, -0.1) is 11.6 Å². The predicted molar refractivity (Wildman–Crippen MR) is 83.5 cm³/mol. The van der Waals surface area contributed by atoms with Crippen LogP contribution in [-0.4, -0.2) is 40.7 Å². The Morgan fingerprint density at radius 1 is 1.14 bits per heavy atom. The molecule has 0 N–H and O–H groups in total. The first-order chi connectivity index (χ1) is 9.97. The number of methoxy groups -OCH3 is 2. The third-order valence-corrected chi connectivity index (χ3v) is 5.06. The van der Waals surface area contributed by atoms with E-state index < -0.39 is 9.84 Å². The molecule has 0 fully saturated rings. The second kappa shape index (κ2) is 8.34. The number of benzene rings is 1. The molecule has 21 heavy (non-hydrogen) atoms. The summed E-state index contributed by atoms with van der Waals surface area (Å²) in [5, 5.41) is 0. The quantitative estimate of drug-likeness (QED) is 0.512. The van der Waals surface area contributed by atoms with Crippen LogP contribution in [0.25, 0.3) is 0 Å². The molecular weight excluding hydrogens is 316 g/mol. The average molecular weight is 337 g/mol. The largest absolute Gasteiger partial charge is 0.493 e. The predicted octanol–water partition coefficient (Wildman–Crippen LogP) is 2.65. The highest BCUT2D eigenvalue weighted by Crippen LogP contribution is 2.39. The van der Waals surface area contributed by atoms with Crippen LogP contribution in [0.4, 0.5) is 0 Å². The van der Waals surface area contributed by atoms with E-state index in [1.807, 2.05) is 0 Å². The van der Waals surface area contributed by atoms with Gasteiger partial charge in [0.1, 0.15) is 9.84 Å². The first-order valence-electron chi connectivity index (χ1n) is 6.61. The van der Waals surface area contributed by atoms with Gasteiger partial charge in [-0.05, 0) is 24.1 Å². The van der Waals surface area contributed by atoms with E-state index >= 15 is 0 Å². The van der Waals surface area contributed by atoms with Crippen LogP contribution in [0.15, 0.2) is 12.1 Å². The Morgan fingerprint density at radius 2 is 1.71 bits per heavy atom. The maximum absolute atomic E-state index is 11.4. The first kappa shape index (κ1) is 17.9. The van der Waals surface area contributed by atoms with Crippen molar-refractivity contribution in [3.8, 4) is 17.2 Å². The molecule has 0 spiro atoms. The van der Waals surface area contributed by atoms with Crippen LogP contribution in [0, 0.1) is 0 Å². The molecule has 7 heteroatoms. The van der Waals surface area contributed by atoms with Crippen molar-refractivity contribution in [1.29, 1.82) is 0 Å². The fraction of sp³-hybridized carbons (Fsp3) is 0.571. The van der Waals surface area contributed by atoms with E-state index in [1.54, 1.807) is 19.1 Å². The van der Waals surface area contributed by atoms with Gasteiger partial charge < -0.3 is 14.2 Å². The Hall–Kier alpha value is -1.14. The topological polar surface area (TPSA) is 61.8 Å². The summed E-state index contributed by atoms with van der Waals surface area (Å²) < 4.78 is 39.0. The summed E-state index contributed by atoms with van der Waals surface area (Å²) in [6, 6.07) is 3.54. The van der Waals surface area contributed by atoms with E-state index in [-0.39, 0.29) is 18.1 Å². The monoisotopic (exact) mass is 336 g/mol. The minimum atomic E-state index is -2.98. The molecule has 1 aromatic carbocycles. The molecule has 1 rings (SSSR count). The van der Waals surface area contributed by atoms with E-state index in [1.165, 1.54) is 14.2 Å². The van der Waals surface area contributed by atoms with Gasteiger partial charge in [-0.1, -0.05) is 6.92 Å². The number of alkyl halides is 1. The van der Waals surface area contributed by atoms with Crippen molar-refractivity contribution in [2.45, 2.75) is 19.2 Å². The molecule has 0 unspecified atom stereocenters. The van der Waals surface area contributed by atoms with Crippen molar-refractivity contribution in [2.75, 3.05) is 32.3 Å². The molecule has 0 aromatic heterocycles. The third kappa shape index (κ3) is 5.28. The van der Waals surface area contributed by atoms with Gasteiger partial charge >= 0.3 is 0 Å². The summed E-state index contributed by atoms with van der Waals surface area (Å²) in [5.74, 6) is 2.08. The molecule has 120 valence electrons. The Balaban J connectivity index is 2.78. The van der Waals surface area contributed by atoms with Gasteiger partial charge in [0.2, 0.25) is 5.75 Å². The summed E-state index contributed by atoms with van der Waals surface area (Å²) in [4.78, 5) is 0. The number of hydrogen-bond acceptors (Lipinski definition) is 5. The van der Waals surface area contributed by atoms with Crippen molar-refractivity contribution < 1.29 is 22.6 Å². The molecule has 0 heterocycles. The third-order valence-electron chi connectivity index (χ3n) is 2.96. The molecule has 5 nitrogen and oxygen atoms in total. The van der Waals surface area contributed by atoms with E-state index in [0.29, 0.717) is 29.5 Å². The minimum Gasteiger partial charge on any atom is -0.493 e. The highest BCUT2D eigenvalue weighted by atomic mass is 35.5. The molecule has 0 atom stereocenters. The number of ether oxygens (including phenoxy) is 3. The molecule has 0 radical (unpaired) electrons. The molecule has 1 aromatic rings. The van der Waals surface area contributed by atoms with Crippen LogP contribution < -0.4 is 14.2 Å². The summed E-state index contributed by atoms with van der Waals surface area (Å²) in [6.45, 7) is 1.90. The molecule has 0 aliphatic rings. The number of halogens is 1.